The van der Waals surface area contributed by atoms with Crippen molar-refractivity contribution >= 4 is 29.6 Å². The van der Waals surface area contributed by atoms with E-state index in [1.54, 1.807) is 0 Å². The molecule has 0 aliphatic rings. The highest BCUT2D eigenvalue weighted by Gasteiger charge is 2.44. The third-order valence-corrected chi connectivity index (χ3v) is 8.20. The van der Waals surface area contributed by atoms with Gasteiger partial charge in [-0.05, 0) is 28.9 Å². The van der Waals surface area contributed by atoms with Crippen molar-refractivity contribution in [3.8, 4) is 0 Å². The largest absolute Gasteiger partial charge is 0.438 e. The molecule has 126 valence electrons. The van der Waals surface area contributed by atoms with Crippen LogP contribution in [0.3, 0.4) is 0 Å². The van der Waals surface area contributed by atoms with Crippen molar-refractivity contribution in [1.29, 1.82) is 0 Å². The molecular formula is C22H23NOSi. The summed E-state index contributed by atoms with van der Waals surface area (Å²) < 4.78 is 6.47. The normalized spacial score (nSPS) is 12.0. The minimum atomic E-state index is -2.69. The molecule has 3 aromatic rings. The summed E-state index contributed by atoms with van der Waals surface area (Å²) in [7, 11) is -2.69. The van der Waals surface area contributed by atoms with Crippen LogP contribution in [0.25, 0.3) is 0 Å². The fourth-order valence-corrected chi connectivity index (χ4v) is 6.48. The monoisotopic (exact) mass is 345 g/mol. The third kappa shape index (κ3) is 3.56. The van der Waals surface area contributed by atoms with Crippen LogP contribution in [0.1, 0.15) is 20.3 Å². The van der Waals surface area contributed by atoms with Crippen LogP contribution >= 0.6 is 0 Å². The Morgan fingerprint density at radius 2 is 1.08 bits per heavy atom. The first-order chi connectivity index (χ1) is 12.3. The molecular weight excluding hydrogens is 322 g/mol. The Morgan fingerprint density at radius 3 is 1.40 bits per heavy atom. The van der Waals surface area contributed by atoms with Gasteiger partial charge in [0.25, 0.3) is 0 Å². The van der Waals surface area contributed by atoms with Crippen molar-refractivity contribution in [2.24, 2.45) is 5.16 Å². The number of oxime groups is 1. The summed E-state index contributed by atoms with van der Waals surface area (Å²) in [6.07, 6.45) is 0.878. The second kappa shape index (κ2) is 7.95. The van der Waals surface area contributed by atoms with Gasteiger partial charge >= 0.3 is 8.32 Å². The zero-order valence-electron chi connectivity index (χ0n) is 14.7. The van der Waals surface area contributed by atoms with E-state index in [1.165, 1.54) is 15.6 Å². The highest BCUT2D eigenvalue weighted by molar-refractivity contribution is 7.07. The van der Waals surface area contributed by atoms with Crippen LogP contribution in [0.2, 0.25) is 0 Å². The lowest BCUT2D eigenvalue weighted by molar-refractivity contribution is 0.347. The van der Waals surface area contributed by atoms with Crippen molar-refractivity contribution in [3.05, 3.63) is 91.0 Å². The molecule has 3 aromatic carbocycles. The fourth-order valence-electron chi connectivity index (χ4n) is 2.89. The van der Waals surface area contributed by atoms with E-state index in [0.29, 0.717) is 0 Å². The van der Waals surface area contributed by atoms with Gasteiger partial charge in [0.15, 0.2) is 0 Å². The van der Waals surface area contributed by atoms with Gasteiger partial charge in [0, 0.05) is 0 Å². The second-order valence-corrected chi connectivity index (χ2v) is 9.33. The summed E-state index contributed by atoms with van der Waals surface area (Å²) in [6.45, 7) is 4.11. The van der Waals surface area contributed by atoms with Gasteiger partial charge in [0.05, 0.1) is 5.71 Å². The van der Waals surface area contributed by atoms with Gasteiger partial charge in [-0.1, -0.05) is 97.9 Å². The summed E-state index contributed by atoms with van der Waals surface area (Å²) >= 11 is 0. The molecule has 3 rings (SSSR count). The molecule has 0 saturated heterocycles. The first kappa shape index (κ1) is 17.2. The number of nitrogens with zero attached hydrogens (tertiary/aromatic N) is 1. The van der Waals surface area contributed by atoms with Crippen LogP contribution in [0, 0.1) is 0 Å². The van der Waals surface area contributed by atoms with Crippen LogP contribution in [-0.4, -0.2) is 14.0 Å². The average Bonchev–Trinajstić information content (AvgIpc) is 2.71. The molecule has 0 aliphatic carbocycles. The van der Waals surface area contributed by atoms with E-state index in [4.69, 9.17) is 4.53 Å². The highest BCUT2D eigenvalue weighted by atomic mass is 28.4. The minimum Gasteiger partial charge on any atom is -0.438 e. The van der Waals surface area contributed by atoms with Gasteiger partial charge in [0.1, 0.15) is 0 Å². The minimum absolute atomic E-state index is 0.878. The lowest BCUT2D eigenvalue weighted by Crippen LogP contribution is -2.68. The molecule has 0 aromatic heterocycles. The van der Waals surface area contributed by atoms with Gasteiger partial charge in [-0.3, -0.25) is 0 Å². The number of benzene rings is 3. The van der Waals surface area contributed by atoms with Crippen LogP contribution in [0.15, 0.2) is 96.2 Å². The molecule has 25 heavy (non-hydrogen) atoms. The van der Waals surface area contributed by atoms with Crippen molar-refractivity contribution in [2.45, 2.75) is 20.3 Å². The Bertz CT molecular complexity index is 720. The smallest absolute Gasteiger partial charge is 0.380 e. The van der Waals surface area contributed by atoms with E-state index in [1.807, 2.05) is 25.1 Å². The summed E-state index contributed by atoms with van der Waals surface area (Å²) in [4.78, 5) is 0. The molecule has 0 spiro atoms. The Balaban J connectivity index is 2.27. The van der Waals surface area contributed by atoms with Gasteiger partial charge in [-0.2, -0.15) is 0 Å². The molecule has 0 N–H and O–H groups in total. The molecule has 0 aliphatic heterocycles. The second-order valence-electron chi connectivity index (χ2n) is 6.05. The van der Waals surface area contributed by atoms with Crippen molar-refractivity contribution in [3.63, 3.8) is 0 Å². The van der Waals surface area contributed by atoms with Crippen LogP contribution in [0.5, 0.6) is 0 Å². The van der Waals surface area contributed by atoms with E-state index in [-0.39, 0.29) is 0 Å². The molecule has 0 bridgehead atoms. The number of rotatable bonds is 6. The SMILES string of the molecule is CC/C(C)=N/O[Si](c1ccccc1)(c1ccccc1)c1ccccc1. The molecule has 0 atom stereocenters. The Morgan fingerprint density at radius 1 is 0.720 bits per heavy atom. The summed E-state index contributed by atoms with van der Waals surface area (Å²) in [6, 6.07) is 31.5. The summed E-state index contributed by atoms with van der Waals surface area (Å²) in [5.74, 6) is 0. The molecule has 0 amide bonds. The maximum absolute atomic E-state index is 6.47. The van der Waals surface area contributed by atoms with E-state index >= 15 is 0 Å². The zero-order chi connectivity index (χ0) is 17.5. The predicted octanol–water partition coefficient (Wildman–Crippen LogP) is 3.46. The zero-order valence-corrected chi connectivity index (χ0v) is 15.7. The van der Waals surface area contributed by atoms with E-state index in [0.717, 1.165) is 12.1 Å². The molecule has 0 radical (unpaired) electrons. The fraction of sp³-hybridized carbons (Fsp3) is 0.136. The Kier molecular flexibility index (Phi) is 5.46. The van der Waals surface area contributed by atoms with Gasteiger partial charge in [0.2, 0.25) is 0 Å². The Hall–Kier alpha value is -2.65. The highest BCUT2D eigenvalue weighted by Crippen LogP contribution is 2.10. The number of hydrogen-bond donors (Lipinski definition) is 0. The summed E-state index contributed by atoms with van der Waals surface area (Å²) in [5, 5.41) is 8.11. The predicted molar refractivity (Wildman–Crippen MR) is 108 cm³/mol. The third-order valence-electron chi connectivity index (χ3n) is 4.39. The van der Waals surface area contributed by atoms with Crippen molar-refractivity contribution in [1.82, 2.24) is 0 Å². The first-order valence-electron chi connectivity index (χ1n) is 8.65. The van der Waals surface area contributed by atoms with E-state index in [2.05, 4.69) is 84.9 Å². The molecule has 0 saturated carbocycles. The van der Waals surface area contributed by atoms with Crippen LogP contribution < -0.4 is 15.6 Å². The Labute approximate surface area is 150 Å². The standard InChI is InChI=1S/C22H23NOSi/c1-3-19(2)23-24-25(20-13-7-4-8-14-20,21-15-9-5-10-16-21)22-17-11-6-12-18-22/h4-18H,3H2,1-2H3/b23-19+. The maximum atomic E-state index is 6.47. The van der Waals surface area contributed by atoms with Gasteiger partial charge < -0.3 is 4.53 Å². The van der Waals surface area contributed by atoms with Gasteiger partial charge in [-0.25, -0.2) is 0 Å². The molecule has 0 fully saturated rings. The van der Waals surface area contributed by atoms with Crippen molar-refractivity contribution < 1.29 is 4.53 Å². The maximum Gasteiger partial charge on any atom is 0.380 e. The first-order valence-corrected chi connectivity index (χ1v) is 10.6. The summed E-state index contributed by atoms with van der Waals surface area (Å²) in [5.41, 5.74) is 1.000. The molecule has 2 nitrogen and oxygen atoms in total. The van der Waals surface area contributed by atoms with Crippen LogP contribution in [-0.2, 0) is 4.53 Å². The van der Waals surface area contributed by atoms with Crippen LogP contribution in [0.4, 0.5) is 0 Å². The topological polar surface area (TPSA) is 21.6 Å². The number of hydrogen-bond acceptors (Lipinski definition) is 2. The lowest BCUT2D eigenvalue weighted by atomic mass is 10.3. The quantitative estimate of drug-likeness (QED) is 0.290. The lowest BCUT2D eigenvalue weighted by Gasteiger charge is -2.30. The van der Waals surface area contributed by atoms with Crippen molar-refractivity contribution in [2.75, 3.05) is 0 Å². The molecule has 0 heterocycles. The van der Waals surface area contributed by atoms with E-state index in [9.17, 15) is 0 Å². The van der Waals surface area contributed by atoms with Gasteiger partial charge in [-0.15, -0.1) is 5.16 Å². The molecule has 0 unspecified atom stereocenters. The molecule has 3 heteroatoms. The van der Waals surface area contributed by atoms with E-state index < -0.39 is 8.32 Å². The average molecular weight is 346 g/mol.